The molecule has 1 N–H and O–H groups in total. The molecule has 4 rings (SSSR count). The van der Waals surface area contributed by atoms with E-state index >= 15 is 0 Å². The number of imidazole rings is 1. The second kappa shape index (κ2) is 8.77. The third-order valence-electron chi connectivity index (χ3n) is 5.20. The molecule has 4 aromatic rings. The van der Waals surface area contributed by atoms with Crippen molar-refractivity contribution in [2.24, 2.45) is 14.1 Å². The van der Waals surface area contributed by atoms with Gasteiger partial charge in [-0.2, -0.15) is 4.98 Å². The molecule has 0 unspecified atom stereocenters. The van der Waals surface area contributed by atoms with Gasteiger partial charge in [0.15, 0.2) is 11.2 Å². The number of rotatable bonds is 4. The number of carbonyl (C=O) groups is 1. The predicted octanol–water partition coefficient (Wildman–Crippen LogP) is -1.13. The van der Waals surface area contributed by atoms with Crippen molar-refractivity contribution in [1.82, 2.24) is 23.1 Å². The molecule has 0 aliphatic carbocycles. The number of ether oxygens (including phenoxy) is 1. The molecule has 3 heterocycles. The number of hydrogen-bond acceptors (Lipinski definition) is 7. The standard InChI is InChI=1S/C20H19N5O6.Na.H/c1-22-15-14(18(29)23(2)20(22)30)25-17(28)12(9-13(26)31-3)16(27)24(19(25)21-15)10-11-7-5-4-6-8-11;;/h4-8,28H,9-10H2,1-3H3;;. The van der Waals surface area contributed by atoms with Gasteiger partial charge in [0.05, 0.1) is 25.6 Å². The van der Waals surface area contributed by atoms with Crippen LogP contribution in [-0.4, -0.2) is 70.8 Å². The fourth-order valence-corrected chi connectivity index (χ4v) is 3.53. The second-order valence-electron chi connectivity index (χ2n) is 7.06. The van der Waals surface area contributed by atoms with Crippen molar-refractivity contribution in [1.29, 1.82) is 0 Å². The fraction of sp³-hybridized carbons (Fsp3) is 0.250. The Balaban J connectivity index is 0.00000289. The Morgan fingerprint density at radius 3 is 2.34 bits per heavy atom. The monoisotopic (exact) mass is 449 g/mol. The van der Waals surface area contributed by atoms with E-state index in [1.54, 1.807) is 24.3 Å². The van der Waals surface area contributed by atoms with Gasteiger partial charge in [-0.3, -0.25) is 28.1 Å². The Bertz CT molecular complexity index is 1530. The predicted molar refractivity (Wildman–Crippen MR) is 118 cm³/mol. The van der Waals surface area contributed by atoms with Crippen molar-refractivity contribution >= 4 is 52.5 Å². The quantitative estimate of drug-likeness (QED) is 0.308. The van der Waals surface area contributed by atoms with E-state index in [1.807, 2.05) is 6.07 Å². The first kappa shape index (κ1) is 23.5. The van der Waals surface area contributed by atoms with E-state index in [-0.39, 0.29) is 58.6 Å². The maximum absolute atomic E-state index is 13.2. The number of aromatic hydroxyl groups is 1. The van der Waals surface area contributed by atoms with Crippen molar-refractivity contribution in [2.75, 3.05) is 7.11 Å². The Labute approximate surface area is 202 Å². The number of esters is 1. The van der Waals surface area contributed by atoms with E-state index in [2.05, 4.69) is 9.72 Å². The van der Waals surface area contributed by atoms with Crippen molar-refractivity contribution in [3.8, 4) is 5.88 Å². The van der Waals surface area contributed by atoms with Crippen LogP contribution in [0.1, 0.15) is 11.1 Å². The van der Waals surface area contributed by atoms with Gasteiger partial charge in [0.25, 0.3) is 11.1 Å². The number of methoxy groups -OCH3 is 1. The normalized spacial score (nSPS) is 11.0. The van der Waals surface area contributed by atoms with Crippen molar-refractivity contribution in [3.63, 3.8) is 0 Å². The van der Waals surface area contributed by atoms with E-state index in [0.29, 0.717) is 0 Å². The molecule has 11 nitrogen and oxygen atoms in total. The van der Waals surface area contributed by atoms with Gasteiger partial charge in [-0.05, 0) is 5.56 Å². The van der Waals surface area contributed by atoms with E-state index in [9.17, 15) is 24.3 Å². The molecule has 0 fully saturated rings. The minimum absolute atomic E-state index is 0. The van der Waals surface area contributed by atoms with Crippen LogP contribution in [0.15, 0.2) is 44.7 Å². The summed E-state index contributed by atoms with van der Waals surface area (Å²) in [5.41, 5.74) is -1.54. The first-order valence-electron chi connectivity index (χ1n) is 9.29. The molecule has 32 heavy (non-hydrogen) atoms. The zero-order chi connectivity index (χ0) is 22.4. The molecular formula is C20H20N5NaO6. The number of aryl methyl sites for hydroxylation is 1. The molecule has 0 aliphatic rings. The summed E-state index contributed by atoms with van der Waals surface area (Å²) in [6.07, 6.45) is -0.502. The summed E-state index contributed by atoms with van der Waals surface area (Å²) in [7, 11) is 3.90. The van der Waals surface area contributed by atoms with Crippen LogP contribution in [0.25, 0.3) is 16.9 Å². The van der Waals surface area contributed by atoms with Crippen LogP contribution in [-0.2, 0) is 36.6 Å². The maximum atomic E-state index is 13.2. The summed E-state index contributed by atoms with van der Waals surface area (Å²) in [6, 6.07) is 9.02. The molecule has 1 aromatic carbocycles. The van der Waals surface area contributed by atoms with E-state index < -0.39 is 35.1 Å². The summed E-state index contributed by atoms with van der Waals surface area (Å²) in [5.74, 6) is -1.37. The third-order valence-corrected chi connectivity index (χ3v) is 5.20. The van der Waals surface area contributed by atoms with Crippen molar-refractivity contribution in [2.45, 2.75) is 13.0 Å². The fourth-order valence-electron chi connectivity index (χ4n) is 3.53. The SMILES string of the molecule is COC(=O)Cc1c(O)n2c3c(=O)n(C)c(=O)n(C)c3nc2n(Cc2ccccc2)c1=O.[NaH]. The molecule has 0 spiro atoms. The molecule has 162 valence electrons. The van der Waals surface area contributed by atoms with Gasteiger partial charge in [-0.15, -0.1) is 0 Å². The number of benzene rings is 1. The summed E-state index contributed by atoms with van der Waals surface area (Å²) >= 11 is 0. The van der Waals surface area contributed by atoms with E-state index in [0.717, 1.165) is 19.1 Å². The zero-order valence-corrected chi connectivity index (χ0v) is 17.0. The third kappa shape index (κ3) is 3.57. The summed E-state index contributed by atoms with van der Waals surface area (Å²) in [6.45, 7) is 0.0647. The van der Waals surface area contributed by atoms with Crippen molar-refractivity contribution in [3.05, 3.63) is 72.7 Å². The molecule has 0 bridgehead atoms. The van der Waals surface area contributed by atoms with Gasteiger partial charge in [-0.1, -0.05) is 30.3 Å². The van der Waals surface area contributed by atoms with Gasteiger partial charge in [0.2, 0.25) is 11.7 Å². The van der Waals surface area contributed by atoms with Crippen LogP contribution in [0.2, 0.25) is 0 Å². The molecule has 0 aliphatic heterocycles. The number of carbonyl (C=O) groups excluding carboxylic acids is 1. The first-order chi connectivity index (χ1) is 14.8. The molecular weight excluding hydrogens is 429 g/mol. The number of aromatic nitrogens is 5. The molecule has 0 radical (unpaired) electrons. The van der Waals surface area contributed by atoms with Gasteiger partial charge in [-0.25, -0.2) is 9.20 Å². The van der Waals surface area contributed by atoms with Crippen LogP contribution in [0.3, 0.4) is 0 Å². The number of hydrogen-bond donors (Lipinski definition) is 1. The van der Waals surface area contributed by atoms with Gasteiger partial charge < -0.3 is 9.84 Å². The van der Waals surface area contributed by atoms with Crippen LogP contribution < -0.4 is 16.8 Å². The molecule has 0 saturated heterocycles. The molecule has 0 amide bonds. The Kier molecular flexibility index (Phi) is 6.44. The Hall–Kier alpha value is -3.15. The summed E-state index contributed by atoms with van der Waals surface area (Å²) in [5, 5.41) is 10.9. The molecule has 3 aromatic heterocycles. The van der Waals surface area contributed by atoms with Gasteiger partial charge in [0, 0.05) is 14.1 Å². The first-order valence-corrected chi connectivity index (χ1v) is 9.29. The van der Waals surface area contributed by atoms with Crippen LogP contribution in [0.4, 0.5) is 0 Å². The van der Waals surface area contributed by atoms with Crippen LogP contribution >= 0.6 is 0 Å². The summed E-state index contributed by atoms with van der Waals surface area (Å²) < 4.78 is 9.02. The summed E-state index contributed by atoms with van der Waals surface area (Å²) in [4.78, 5) is 54.7. The van der Waals surface area contributed by atoms with E-state index in [4.69, 9.17) is 0 Å². The number of nitrogens with zero attached hydrogens (tertiary/aromatic N) is 5. The van der Waals surface area contributed by atoms with Crippen molar-refractivity contribution < 1.29 is 14.6 Å². The molecule has 12 heteroatoms. The van der Waals surface area contributed by atoms with Gasteiger partial charge in [0.1, 0.15) is 0 Å². The Morgan fingerprint density at radius 2 is 1.72 bits per heavy atom. The molecule has 0 atom stereocenters. The molecule has 0 saturated carbocycles. The minimum atomic E-state index is -0.734. The average Bonchev–Trinajstić information content (AvgIpc) is 3.18. The van der Waals surface area contributed by atoms with E-state index in [1.165, 1.54) is 25.8 Å². The Morgan fingerprint density at radius 1 is 1.06 bits per heavy atom. The van der Waals surface area contributed by atoms with Gasteiger partial charge >= 0.3 is 41.2 Å². The van der Waals surface area contributed by atoms with Crippen LogP contribution in [0, 0.1) is 0 Å². The van der Waals surface area contributed by atoms with Crippen LogP contribution in [0.5, 0.6) is 5.88 Å². The topological polar surface area (TPSA) is 130 Å². The second-order valence-corrected chi connectivity index (χ2v) is 7.06. The zero-order valence-electron chi connectivity index (χ0n) is 17.0. The number of fused-ring (bicyclic) bond motifs is 3. The average molecular weight is 449 g/mol.